The minimum absolute atomic E-state index is 0.0272. The molecule has 0 unspecified atom stereocenters. The highest BCUT2D eigenvalue weighted by Crippen LogP contribution is 2.41. The predicted octanol–water partition coefficient (Wildman–Crippen LogP) is 2.63. The van der Waals surface area contributed by atoms with Crippen LogP contribution in [0.15, 0.2) is 36.5 Å². The van der Waals surface area contributed by atoms with Crippen molar-refractivity contribution in [3.05, 3.63) is 42.2 Å². The SMILES string of the molecule is Cc1ccc(N2CC[C@H]3OCCC[C@@]3(COc3ccccn3)C2)nn1. The highest BCUT2D eigenvalue weighted by molar-refractivity contribution is 5.39. The van der Waals surface area contributed by atoms with Crippen LogP contribution >= 0.6 is 0 Å². The summed E-state index contributed by atoms with van der Waals surface area (Å²) in [4.78, 5) is 6.60. The smallest absolute Gasteiger partial charge is 0.213 e. The van der Waals surface area contributed by atoms with Gasteiger partial charge in [0.05, 0.1) is 18.4 Å². The Labute approximate surface area is 148 Å². The van der Waals surface area contributed by atoms with Crippen LogP contribution in [0.3, 0.4) is 0 Å². The topological polar surface area (TPSA) is 60.4 Å². The Morgan fingerprint density at radius 3 is 3.04 bits per heavy atom. The lowest BCUT2D eigenvalue weighted by Gasteiger charge is -2.50. The Bertz CT molecular complexity index is 694. The number of hydrogen-bond acceptors (Lipinski definition) is 6. The number of aromatic nitrogens is 3. The van der Waals surface area contributed by atoms with Crippen molar-refractivity contribution in [2.24, 2.45) is 5.41 Å². The Morgan fingerprint density at radius 1 is 1.28 bits per heavy atom. The quantitative estimate of drug-likeness (QED) is 0.853. The fraction of sp³-hybridized carbons (Fsp3) is 0.526. The van der Waals surface area contributed by atoms with E-state index >= 15 is 0 Å². The van der Waals surface area contributed by atoms with Crippen LogP contribution in [0.5, 0.6) is 5.88 Å². The van der Waals surface area contributed by atoms with Crippen LogP contribution < -0.4 is 9.64 Å². The molecule has 2 atom stereocenters. The summed E-state index contributed by atoms with van der Waals surface area (Å²) in [7, 11) is 0. The van der Waals surface area contributed by atoms with Crippen LogP contribution in [0.1, 0.15) is 25.0 Å². The third kappa shape index (κ3) is 3.44. The van der Waals surface area contributed by atoms with Crippen molar-refractivity contribution < 1.29 is 9.47 Å². The van der Waals surface area contributed by atoms with E-state index in [2.05, 4.69) is 26.1 Å². The first-order chi connectivity index (χ1) is 12.3. The fourth-order valence-corrected chi connectivity index (χ4v) is 3.91. The summed E-state index contributed by atoms with van der Waals surface area (Å²) in [6.07, 6.45) is 5.15. The molecule has 0 bridgehead atoms. The second-order valence-corrected chi connectivity index (χ2v) is 7.03. The van der Waals surface area contributed by atoms with E-state index in [0.717, 1.165) is 50.5 Å². The van der Waals surface area contributed by atoms with Crippen molar-refractivity contribution in [3.63, 3.8) is 0 Å². The van der Waals surface area contributed by atoms with Crippen LogP contribution in [0.25, 0.3) is 0 Å². The molecule has 2 saturated heterocycles. The number of piperidine rings is 1. The lowest BCUT2D eigenvalue weighted by atomic mass is 9.73. The number of rotatable bonds is 4. The van der Waals surface area contributed by atoms with Crippen molar-refractivity contribution in [1.29, 1.82) is 0 Å². The zero-order chi connectivity index (χ0) is 17.1. The van der Waals surface area contributed by atoms with E-state index in [-0.39, 0.29) is 11.5 Å². The van der Waals surface area contributed by atoms with E-state index in [1.165, 1.54) is 0 Å². The first-order valence-electron chi connectivity index (χ1n) is 8.96. The molecule has 2 fully saturated rings. The molecule has 0 radical (unpaired) electrons. The van der Waals surface area contributed by atoms with Gasteiger partial charge in [-0.15, -0.1) is 5.10 Å². The second kappa shape index (κ2) is 6.96. The number of anilines is 1. The van der Waals surface area contributed by atoms with Gasteiger partial charge in [0, 0.05) is 37.4 Å². The molecule has 2 aromatic rings. The molecule has 2 aromatic heterocycles. The second-order valence-electron chi connectivity index (χ2n) is 7.03. The molecule has 6 nitrogen and oxygen atoms in total. The normalized spacial score (nSPS) is 26.1. The molecule has 0 amide bonds. The summed E-state index contributed by atoms with van der Waals surface area (Å²) in [6, 6.07) is 9.82. The lowest BCUT2D eigenvalue weighted by Crippen LogP contribution is -2.57. The number of hydrogen-bond donors (Lipinski definition) is 0. The van der Waals surface area contributed by atoms with Gasteiger partial charge in [-0.25, -0.2) is 4.98 Å². The summed E-state index contributed by atoms with van der Waals surface area (Å²) in [6.45, 7) is 5.24. The summed E-state index contributed by atoms with van der Waals surface area (Å²) < 4.78 is 12.2. The predicted molar refractivity (Wildman–Crippen MR) is 94.7 cm³/mol. The molecule has 0 N–H and O–H groups in total. The molecule has 0 aliphatic carbocycles. The minimum atomic E-state index is -0.0272. The highest BCUT2D eigenvalue weighted by Gasteiger charge is 2.47. The van der Waals surface area contributed by atoms with E-state index in [1.807, 2.05) is 31.2 Å². The fourth-order valence-electron chi connectivity index (χ4n) is 3.91. The van der Waals surface area contributed by atoms with Crippen LogP contribution in [0, 0.1) is 12.3 Å². The minimum Gasteiger partial charge on any atom is -0.477 e. The molecule has 0 aromatic carbocycles. The lowest BCUT2D eigenvalue weighted by molar-refractivity contribution is -0.110. The molecule has 132 valence electrons. The first-order valence-corrected chi connectivity index (χ1v) is 8.96. The molecule has 6 heteroatoms. The van der Waals surface area contributed by atoms with Gasteiger partial charge in [-0.1, -0.05) is 6.07 Å². The largest absolute Gasteiger partial charge is 0.477 e. The van der Waals surface area contributed by atoms with E-state index in [0.29, 0.717) is 12.5 Å². The van der Waals surface area contributed by atoms with E-state index in [4.69, 9.17) is 9.47 Å². The van der Waals surface area contributed by atoms with E-state index in [1.54, 1.807) is 6.20 Å². The zero-order valence-corrected chi connectivity index (χ0v) is 14.6. The monoisotopic (exact) mass is 340 g/mol. The molecular weight excluding hydrogens is 316 g/mol. The Balaban J connectivity index is 1.53. The molecule has 25 heavy (non-hydrogen) atoms. The van der Waals surface area contributed by atoms with Gasteiger partial charge in [-0.05, 0) is 44.4 Å². The van der Waals surface area contributed by atoms with Crippen molar-refractivity contribution in [3.8, 4) is 5.88 Å². The van der Waals surface area contributed by atoms with Crippen molar-refractivity contribution in [2.45, 2.75) is 32.3 Å². The van der Waals surface area contributed by atoms with Gasteiger partial charge in [-0.3, -0.25) is 0 Å². The summed E-state index contributed by atoms with van der Waals surface area (Å²) in [5.74, 6) is 1.61. The molecule has 4 rings (SSSR count). The number of nitrogens with zero attached hydrogens (tertiary/aromatic N) is 4. The van der Waals surface area contributed by atoms with Crippen LogP contribution in [0.2, 0.25) is 0 Å². The van der Waals surface area contributed by atoms with Gasteiger partial charge >= 0.3 is 0 Å². The highest BCUT2D eigenvalue weighted by atomic mass is 16.5. The number of fused-ring (bicyclic) bond motifs is 1. The van der Waals surface area contributed by atoms with Crippen molar-refractivity contribution in [1.82, 2.24) is 15.2 Å². The summed E-state index contributed by atoms with van der Waals surface area (Å²) in [5.41, 5.74) is 0.911. The van der Waals surface area contributed by atoms with E-state index < -0.39 is 0 Å². The molecule has 0 spiro atoms. The zero-order valence-electron chi connectivity index (χ0n) is 14.6. The number of ether oxygens (including phenoxy) is 2. The van der Waals surface area contributed by atoms with Gasteiger partial charge in [0.15, 0.2) is 5.82 Å². The maximum Gasteiger partial charge on any atom is 0.213 e. The Hall–Kier alpha value is -2.21. The average molecular weight is 340 g/mol. The van der Waals surface area contributed by atoms with Crippen molar-refractivity contribution >= 4 is 5.82 Å². The number of aryl methyl sites for hydroxylation is 1. The van der Waals surface area contributed by atoms with Crippen LogP contribution in [-0.2, 0) is 4.74 Å². The van der Waals surface area contributed by atoms with Gasteiger partial charge < -0.3 is 14.4 Å². The first kappa shape index (κ1) is 16.3. The van der Waals surface area contributed by atoms with Gasteiger partial charge in [0.2, 0.25) is 5.88 Å². The van der Waals surface area contributed by atoms with Crippen LogP contribution in [-0.4, -0.2) is 47.6 Å². The molecule has 2 aliphatic rings. The van der Waals surface area contributed by atoms with Crippen LogP contribution in [0.4, 0.5) is 5.82 Å². The molecule has 2 aliphatic heterocycles. The maximum atomic E-state index is 6.11. The summed E-state index contributed by atoms with van der Waals surface area (Å²) in [5, 5.41) is 8.58. The summed E-state index contributed by atoms with van der Waals surface area (Å²) >= 11 is 0. The average Bonchev–Trinajstić information content (AvgIpc) is 2.67. The Kier molecular flexibility index (Phi) is 4.53. The van der Waals surface area contributed by atoms with E-state index in [9.17, 15) is 0 Å². The molecule has 0 saturated carbocycles. The maximum absolute atomic E-state index is 6.11. The van der Waals surface area contributed by atoms with Gasteiger partial charge in [0.1, 0.15) is 0 Å². The third-order valence-electron chi connectivity index (χ3n) is 5.24. The molecular formula is C19H24N4O2. The standard InChI is InChI=1S/C19H24N4O2/c1-15-6-7-17(22-21-15)23-11-8-16-19(13-23,9-4-12-24-16)14-25-18-5-2-3-10-20-18/h2-3,5-7,10,16H,4,8-9,11-14H2,1H3/t16-,19+/m1/s1. The molecule has 4 heterocycles. The third-order valence-corrected chi connectivity index (χ3v) is 5.24. The van der Waals surface area contributed by atoms with Gasteiger partial charge in [-0.2, -0.15) is 5.10 Å². The number of pyridine rings is 1. The Morgan fingerprint density at radius 2 is 2.24 bits per heavy atom. The van der Waals surface area contributed by atoms with Gasteiger partial charge in [0.25, 0.3) is 0 Å². The van der Waals surface area contributed by atoms with Crippen molar-refractivity contribution in [2.75, 3.05) is 31.2 Å².